The van der Waals surface area contributed by atoms with Gasteiger partial charge in [-0.15, -0.1) is 0 Å². The van der Waals surface area contributed by atoms with E-state index < -0.39 is 35.8 Å². The third-order valence-electron chi connectivity index (χ3n) is 13.6. The number of carbonyl (C=O) groups is 6. The molecule has 0 fully saturated rings. The van der Waals surface area contributed by atoms with E-state index in [4.69, 9.17) is 28.4 Å². The van der Waals surface area contributed by atoms with Crippen LogP contribution < -0.4 is 28.4 Å². The molecule has 0 aromatic heterocycles. The smallest absolute Gasteiger partial charge is 0.343 e. The summed E-state index contributed by atoms with van der Waals surface area (Å²) in [5.41, 5.74) is 10.5. The Morgan fingerprint density at radius 3 is 0.622 bits per heavy atom. The van der Waals surface area contributed by atoms with Crippen LogP contribution in [0.2, 0.25) is 0 Å². The second-order valence-electron chi connectivity index (χ2n) is 18.8. The number of hydrogen-bond donors (Lipinski definition) is 0. The molecule has 0 N–H and O–H groups in total. The SMILES string of the molecule is Cc1cccc(C)c1OC(=O)c1ccc(C(=O)Oc2cc(C)c(OC(=O)c3ccc(C(=O)Oc4cc(C)c(OC(=O)c5ccc(C(=O)Oc6c(C)cccc6C)c(C)c5C)c(C)c4)c(C)c3C)c(C)c2)c(C)c1C. The lowest BCUT2D eigenvalue weighted by Gasteiger charge is -2.17. The highest BCUT2D eigenvalue weighted by atomic mass is 16.6. The summed E-state index contributed by atoms with van der Waals surface area (Å²) in [5, 5.41) is 0. The molecule has 0 unspecified atom stereocenters. The van der Waals surface area contributed by atoms with Gasteiger partial charge in [-0.25, -0.2) is 28.8 Å². The molecular formula is C62H58O12. The number of esters is 6. The Morgan fingerprint density at radius 2 is 0.419 bits per heavy atom. The number of aryl methyl sites for hydroxylation is 8. The maximum atomic E-state index is 13.7. The zero-order valence-corrected chi connectivity index (χ0v) is 44.1. The Kier molecular flexibility index (Phi) is 15.5. The molecule has 12 heteroatoms. The van der Waals surface area contributed by atoms with Gasteiger partial charge >= 0.3 is 35.8 Å². The molecule has 0 heterocycles. The van der Waals surface area contributed by atoms with Gasteiger partial charge in [0, 0.05) is 0 Å². The standard InChI is InChI=1S/C62H58O12/c1-31-17-15-18-32(2)53(31)71-59(65)49-23-21-47(39(9)41(49)11)57(63)69-45-27-35(5)55(36(6)28-45)73-61(67)51-24-22-48(40(10)42(51)12)58(64)70-46-29-37(7)56(38(8)30-46)74-62(68)52-26-25-50(43(13)44(52)14)60(66)72-54-33(3)19-16-20-34(54)4/h15-30H,1-14H3. The van der Waals surface area contributed by atoms with E-state index >= 15 is 0 Å². The van der Waals surface area contributed by atoms with Crippen LogP contribution in [0.5, 0.6) is 34.5 Å². The highest BCUT2D eigenvalue weighted by Gasteiger charge is 2.26. The summed E-state index contributed by atoms with van der Waals surface area (Å²) in [6.07, 6.45) is 0. The molecule has 0 aliphatic carbocycles. The van der Waals surface area contributed by atoms with Crippen LogP contribution in [-0.4, -0.2) is 35.8 Å². The molecule has 378 valence electrons. The van der Waals surface area contributed by atoms with Crippen molar-refractivity contribution < 1.29 is 57.2 Å². The largest absolute Gasteiger partial charge is 0.423 e. The van der Waals surface area contributed by atoms with Gasteiger partial charge in [0.2, 0.25) is 0 Å². The Morgan fingerprint density at radius 1 is 0.243 bits per heavy atom. The number of benzene rings is 7. The number of ether oxygens (including phenoxy) is 6. The van der Waals surface area contributed by atoms with Crippen molar-refractivity contribution in [1.29, 1.82) is 0 Å². The monoisotopic (exact) mass is 994 g/mol. The molecule has 0 atom stereocenters. The average molecular weight is 995 g/mol. The third-order valence-corrected chi connectivity index (χ3v) is 13.6. The van der Waals surface area contributed by atoms with Crippen LogP contribution in [0.25, 0.3) is 0 Å². The zero-order chi connectivity index (χ0) is 54.0. The Hall–Kier alpha value is -8.64. The highest BCUT2D eigenvalue weighted by Crippen LogP contribution is 2.34. The molecule has 0 aliphatic heterocycles. The minimum Gasteiger partial charge on any atom is -0.423 e. The van der Waals surface area contributed by atoms with Gasteiger partial charge in [-0.1, -0.05) is 36.4 Å². The topological polar surface area (TPSA) is 158 Å². The van der Waals surface area contributed by atoms with Crippen LogP contribution in [0.4, 0.5) is 0 Å². The van der Waals surface area contributed by atoms with E-state index in [9.17, 15) is 28.8 Å². The van der Waals surface area contributed by atoms with Crippen molar-refractivity contribution in [3.8, 4) is 34.5 Å². The first kappa shape index (κ1) is 53.2. The first-order valence-corrected chi connectivity index (χ1v) is 24.0. The number of carbonyl (C=O) groups excluding carboxylic acids is 6. The van der Waals surface area contributed by atoms with Crippen LogP contribution in [0.3, 0.4) is 0 Å². The maximum Gasteiger partial charge on any atom is 0.343 e. The van der Waals surface area contributed by atoms with Gasteiger partial charge in [0.1, 0.15) is 34.5 Å². The fraction of sp³-hybridized carbons (Fsp3) is 0.226. The van der Waals surface area contributed by atoms with Gasteiger partial charge in [0.25, 0.3) is 0 Å². The molecule has 0 spiro atoms. The first-order valence-electron chi connectivity index (χ1n) is 24.0. The van der Waals surface area contributed by atoms with Gasteiger partial charge < -0.3 is 28.4 Å². The molecule has 0 saturated carbocycles. The molecule has 7 rings (SSSR count). The summed E-state index contributed by atoms with van der Waals surface area (Å²) in [6.45, 7) is 24.8. The molecule has 0 amide bonds. The van der Waals surface area contributed by atoms with Crippen LogP contribution in [-0.2, 0) is 0 Å². The summed E-state index contributed by atoms with van der Waals surface area (Å²) in [7, 11) is 0. The van der Waals surface area contributed by atoms with Crippen molar-refractivity contribution in [2.75, 3.05) is 0 Å². The maximum absolute atomic E-state index is 13.7. The van der Waals surface area contributed by atoms with Gasteiger partial charge in [0.05, 0.1) is 33.4 Å². The third kappa shape index (κ3) is 10.9. The summed E-state index contributed by atoms with van der Waals surface area (Å²) in [4.78, 5) is 80.9. The van der Waals surface area contributed by atoms with Gasteiger partial charge in [-0.05, 0) is 235 Å². The number of para-hydroxylation sites is 2. The van der Waals surface area contributed by atoms with E-state index in [0.29, 0.717) is 84.0 Å². The summed E-state index contributed by atoms with van der Waals surface area (Å²) in [6, 6.07) is 26.8. The Balaban J connectivity index is 0.985. The van der Waals surface area contributed by atoms with E-state index in [0.717, 1.165) is 22.3 Å². The van der Waals surface area contributed by atoms with E-state index in [-0.39, 0.29) is 39.5 Å². The van der Waals surface area contributed by atoms with Crippen molar-refractivity contribution in [2.24, 2.45) is 0 Å². The van der Waals surface area contributed by atoms with Crippen molar-refractivity contribution in [3.63, 3.8) is 0 Å². The van der Waals surface area contributed by atoms with Gasteiger partial charge in [0.15, 0.2) is 0 Å². The van der Waals surface area contributed by atoms with Crippen molar-refractivity contribution in [3.05, 3.63) is 208 Å². The minimum atomic E-state index is -0.662. The predicted molar refractivity (Wildman–Crippen MR) is 281 cm³/mol. The molecule has 7 aromatic rings. The lowest BCUT2D eigenvalue weighted by Crippen LogP contribution is -2.17. The first-order chi connectivity index (χ1) is 35.0. The average Bonchev–Trinajstić information content (AvgIpc) is 3.33. The molecule has 74 heavy (non-hydrogen) atoms. The van der Waals surface area contributed by atoms with Crippen molar-refractivity contribution >= 4 is 35.8 Å². The molecule has 0 radical (unpaired) electrons. The fourth-order valence-corrected chi connectivity index (χ4v) is 8.88. The van der Waals surface area contributed by atoms with E-state index in [1.54, 1.807) is 118 Å². The fourth-order valence-electron chi connectivity index (χ4n) is 8.88. The summed E-state index contributed by atoms with van der Waals surface area (Å²) < 4.78 is 35.0. The molecule has 0 bridgehead atoms. The summed E-state index contributed by atoms with van der Waals surface area (Å²) >= 11 is 0. The van der Waals surface area contributed by atoms with Crippen LogP contribution in [0.15, 0.2) is 97.1 Å². The summed E-state index contributed by atoms with van der Waals surface area (Å²) in [5.74, 6) is -1.60. The second kappa shape index (κ2) is 21.6. The zero-order valence-electron chi connectivity index (χ0n) is 44.1. The van der Waals surface area contributed by atoms with Crippen LogP contribution in [0, 0.1) is 96.9 Å². The van der Waals surface area contributed by atoms with Crippen LogP contribution >= 0.6 is 0 Å². The second-order valence-corrected chi connectivity index (χ2v) is 18.8. The minimum absolute atomic E-state index is 0.221. The number of rotatable bonds is 12. The Labute approximate surface area is 431 Å². The van der Waals surface area contributed by atoms with Crippen molar-refractivity contribution in [2.45, 2.75) is 96.9 Å². The molecular weight excluding hydrogens is 937 g/mol. The quantitative estimate of drug-likeness (QED) is 0.0844. The molecule has 0 saturated heterocycles. The molecule has 0 aliphatic rings. The molecule has 7 aromatic carbocycles. The normalized spacial score (nSPS) is 10.9. The highest BCUT2D eigenvalue weighted by molar-refractivity contribution is 6.00. The van der Waals surface area contributed by atoms with E-state index in [1.807, 2.05) is 64.1 Å². The molecule has 12 nitrogen and oxygen atoms in total. The number of hydrogen-bond acceptors (Lipinski definition) is 12. The Bertz CT molecular complexity index is 3420. The van der Waals surface area contributed by atoms with Gasteiger partial charge in [-0.2, -0.15) is 0 Å². The van der Waals surface area contributed by atoms with Crippen molar-refractivity contribution in [1.82, 2.24) is 0 Å². The van der Waals surface area contributed by atoms with Crippen LogP contribution in [0.1, 0.15) is 140 Å². The van der Waals surface area contributed by atoms with Gasteiger partial charge in [-0.3, -0.25) is 0 Å². The van der Waals surface area contributed by atoms with E-state index in [1.165, 1.54) is 12.1 Å². The predicted octanol–water partition coefficient (Wildman–Crippen LogP) is 13.3. The lowest BCUT2D eigenvalue weighted by molar-refractivity contribution is 0.0712. The van der Waals surface area contributed by atoms with E-state index in [2.05, 4.69) is 0 Å². The lowest BCUT2D eigenvalue weighted by atomic mass is 9.98.